The van der Waals surface area contributed by atoms with Crippen LogP contribution in [0.4, 0.5) is 0 Å². The van der Waals surface area contributed by atoms with Gasteiger partial charge in [-0.15, -0.1) is 0 Å². The Balaban J connectivity index is 0. The number of rotatable bonds is 5. The van der Waals surface area contributed by atoms with Crippen molar-refractivity contribution in [1.29, 1.82) is 0 Å². The maximum Gasteiger partial charge on any atom is 0.332 e. The highest BCUT2D eigenvalue weighted by Crippen LogP contribution is 2.28. The van der Waals surface area contributed by atoms with Crippen molar-refractivity contribution in [1.82, 2.24) is 0 Å². The lowest BCUT2D eigenvalue weighted by Gasteiger charge is -2.45. The van der Waals surface area contributed by atoms with Crippen LogP contribution in [-0.4, -0.2) is 161 Å². The summed E-state index contributed by atoms with van der Waals surface area (Å²) in [6, 6.07) is 0. The molecule has 2 aliphatic heterocycles. The van der Waals surface area contributed by atoms with Crippen LogP contribution in [0.25, 0.3) is 0 Å². The number of aliphatic hydroxyl groups excluding tert-OH is 10. The highest BCUT2D eigenvalue weighted by molar-refractivity contribution is 5.71. The number of hydrogen-bond donors (Lipinski definition) is 12. The van der Waals surface area contributed by atoms with Gasteiger partial charge in [0.25, 0.3) is 5.97 Å². The van der Waals surface area contributed by atoms with E-state index < -0.39 is 92.7 Å². The minimum atomic E-state index is -1.74. The third kappa shape index (κ3) is 12.6. The predicted molar refractivity (Wildman–Crippen MR) is 114 cm³/mol. The van der Waals surface area contributed by atoms with E-state index in [0.717, 1.165) is 6.92 Å². The van der Waals surface area contributed by atoms with E-state index in [4.69, 9.17) is 44.5 Å². The molecule has 12 N–H and O–H groups in total. The Labute approximate surface area is 206 Å². The van der Waals surface area contributed by atoms with Crippen LogP contribution in [0, 0.1) is 0 Å². The molecule has 0 saturated carbocycles. The molecule has 0 bridgehead atoms. The summed E-state index contributed by atoms with van der Waals surface area (Å²) >= 11 is 0. The van der Waals surface area contributed by atoms with Crippen molar-refractivity contribution in [2.75, 3.05) is 19.8 Å². The van der Waals surface area contributed by atoms with Gasteiger partial charge in [0.15, 0.2) is 12.6 Å². The van der Waals surface area contributed by atoms with Gasteiger partial charge in [-0.3, -0.25) is 4.79 Å². The molecule has 0 spiro atoms. The van der Waals surface area contributed by atoms with Gasteiger partial charge < -0.3 is 75.5 Å². The second-order valence-corrected chi connectivity index (χ2v) is 7.38. The number of aliphatic hydroxyl groups is 10. The van der Waals surface area contributed by atoms with E-state index in [1.54, 1.807) is 6.92 Å². The van der Waals surface area contributed by atoms with Gasteiger partial charge in [0.2, 0.25) is 0 Å². The van der Waals surface area contributed by atoms with Gasteiger partial charge >= 0.3 is 5.97 Å². The monoisotopic (exact) mass is 538 g/mol. The van der Waals surface area contributed by atoms with Gasteiger partial charge in [0, 0.05) is 13.5 Å². The zero-order chi connectivity index (χ0) is 28.7. The number of carboxylic acids is 2. The lowest BCUT2D eigenvalue weighted by atomic mass is 9.97. The van der Waals surface area contributed by atoms with Crippen LogP contribution in [0.5, 0.6) is 0 Å². The van der Waals surface area contributed by atoms with Crippen LogP contribution < -0.4 is 0 Å². The van der Waals surface area contributed by atoms with Gasteiger partial charge in [-0.05, 0) is 13.8 Å². The molecular formula is C19H38O17. The zero-order valence-electron chi connectivity index (χ0n) is 19.9. The maximum absolute atomic E-state index is 9.94. The molecule has 2 heterocycles. The van der Waals surface area contributed by atoms with E-state index in [-0.39, 0.29) is 6.61 Å². The van der Waals surface area contributed by atoms with Gasteiger partial charge in [0.05, 0.1) is 13.2 Å². The van der Waals surface area contributed by atoms with Crippen LogP contribution in [0.15, 0.2) is 0 Å². The summed E-state index contributed by atoms with van der Waals surface area (Å²) in [6.07, 6.45) is -16.8. The van der Waals surface area contributed by atoms with Crippen molar-refractivity contribution in [3.05, 3.63) is 0 Å². The molecule has 0 aromatic heterocycles. The van der Waals surface area contributed by atoms with Gasteiger partial charge in [-0.1, -0.05) is 0 Å². The minimum Gasteiger partial charge on any atom is -0.481 e. The normalized spacial score (nSPS) is 36.5. The molecule has 36 heavy (non-hydrogen) atoms. The fraction of sp³-hybridized carbons (Fsp3) is 0.895. The maximum atomic E-state index is 9.94. The molecule has 0 amide bonds. The number of carboxylic acid groups (broad SMARTS) is 2. The van der Waals surface area contributed by atoms with E-state index in [2.05, 4.69) is 0 Å². The topological polar surface area (TPSA) is 305 Å². The van der Waals surface area contributed by atoms with Crippen molar-refractivity contribution >= 4 is 11.9 Å². The predicted octanol–water partition coefficient (Wildman–Crippen LogP) is -5.86. The van der Waals surface area contributed by atoms with E-state index >= 15 is 0 Å². The van der Waals surface area contributed by atoms with E-state index in [9.17, 15) is 40.5 Å². The molecule has 17 nitrogen and oxygen atoms in total. The Morgan fingerprint density at radius 2 is 1.22 bits per heavy atom. The summed E-state index contributed by atoms with van der Waals surface area (Å²) in [5.74, 6) is -2.02. The summed E-state index contributed by atoms with van der Waals surface area (Å²) in [6.45, 7) is 2.87. The Bertz CT molecular complexity index is 597. The second-order valence-electron chi connectivity index (χ2n) is 7.38. The Hall–Kier alpha value is -1.58. The van der Waals surface area contributed by atoms with E-state index in [1.807, 2.05) is 0 Å². The number of aliphatic carboxylic acids is 2. The van der Waals surface area contributed by atoms with Gasteiger partial charge in [0.1, 0.15) is 54.9 Å². The van der Waals surface area contributed by atoms with Crippen molar-refractivity contribution in [2.24, 2.45) is 0 Å². The SMILES string of the molecule is CC(=O)O.CC(O)C(=O)O.CCO.OC[C@H]1O[C@@H](O[C@H]2[C@H](O)[C@@H](O)[C@H](O)O[C@@H]2CO)[C@H](O)[C@@H](O)[C@@H]1O. The molecule has 0 aromatic rings. The first-order valence-corrected chi connectivity index (χ1v) is 10.6. The van der Waals surface area contributed by atoms with Crippen LogP contribution in [-0.2, 0) is 23.8 Å². The van der Waals surface area contributed by atoms with Crippen molar-refractivity contribution in [2.45, 2.75) is 88.3 Å². The second kappa shape index (κ2) is 18.6. The summed E-state index contributed by atoms with van der Waals surface area (Å²) in [5.41, 5.74) is 0. The summed E-state index contributed by atoms with van der Waals surface area (Å²) in [5, 5.41) is 107. The molecule has 11 atom stereocenters. The minimum absolute atomic E-state index is 0.250. The molecule has 0 radical (unpaired) electrons. The highest BCUT2D eigenvalue weighted by Gasteiger charge is 2.50. The summed E-state index contributed by atoms with van der Waals surface area (Å²) in [7, 11) is 0. The third-order valence-electron chi connectivity index (χ3n) is 4.34. The highest BCUT2D eigenvalue weighted by atomic mass is 16.7. The van der Waals surface area contributed by atoms with Crippen molar-refractivity contribution < 1.29 is 85.1 Å². The average Bonchev–Trinajstić information content (AvgIpc) is 2.79. The molecule has 17 heteroatoms. The van der Waals surface area contributed by atoms with Crippen molar-refractivity contribution in [3.63, 3.8) is 0 Å². The lowest BCUT2D eigenvalue weighted by molar-refractivity contribution is -0.355. The fourth-order valence-corrected chi connectivity index (χ4v) is 2.57. The lowest BCUT2D eigenvalue weighted by Crippen LogP contribution is -2.64. The molecule has 1 unspecified atom stereocenters. The fourth-order valence-electron chi connectivity index (χ4n) is 2.57. The smallest absolute Gasteiger partial charge is 0.332 e. The van der Waals surface area contributed by atoms with Crippen LogP contribution in [0.3, 0.4) is 0 Å². The third-order valence-corrected chi connectivity index (χ3v) is 4.34. The van der Waals surface area contributed by atoms with Gasteiger partial charge in [-0.25, -0.2) is 4.79 Å². The summed E-state index contributed by atoms with van der Waals surface area (Å²) in [4.78, 5) is 18.4. The molecular weight excluding hydrogens is 500 g/mol. The van der Waals surface area contributed by atoms with Crippen molar-refractivity contribution in [3.8, 4) is 0 Å². The Morgan fingerprint density at radius 1 is 0.806 bits per heavy atom. The molecule has 2 fully saturated rings. The molecule has 216 valence electrons. The molecule has 2 rings (SSSR count). The Morgan fingerprint density at radius 3 is 1.58 bits per heavy atom. The first kappa shape index (κ1) is 36.6. The van der Waals surface area contributed by atoms with E-state index in [0.29, 0.717) is 0 Å². The molecule has 0 aromatic carbocycles. The van der Waals surface area contributed by atoms with Gasteiger partial charge in [-0.2, -0.15) is 0 Å². The number of carbonyl (C=O) groups is 2. The summed E-state index contributed by atoms with van der Waals surface area (Å²) < 4.78 is 15.3. The number of ether oxygens (including phenoxy) is 3. The van der Waals surface area contributed by atoms with Crippen LogP contribution in [0.1, 0.15) is 20.8 Å². The largest absolute Gasteiger partial charge is 0.481 e. The Kier molecular flexibility index (Phi) is 18.9. The molecule has 2 saturated heterocycles. The average molecular weight is 538 g/mol. The molecule has 0 aliphatic carbocycles. The zero-order valence-corrected chi connectivity index (χ0v) is 19.9. The van der Waals surface area contributed by atoms with Crippen LogP contribution >= 0.6 is 0 Å². The quantitative estimate of drug-likeness (QED) is 0.155. The van der Waals surface area contributed by atoms with Crippen LogP contribution in [0.2, 0.25) is 0 Å². The molecule has 2 aliphatic rings. The number of hydrogen-bond acceptors (Lipinski definition) is 15. The first-order valence-electron chi connectivity index (χ1n) is 10.6. The first-order chi connectivity index (χ1) is 16.6. The van der Waals surface area contributed by atoms with E-state index in [1.165, 1.54) is 6.92 Å². The standard InChI is InChI=1S/C12H22O11.C3H6O3.C2H4O2.C2H6O/c13-1-3-5(15)6(16)9(19)12(22-3)23-10-4(2-14)21-11(20)8(18)7(10)17;1-2(4)3(5)6;1-2(3)4;1-2-3/h3-20H,1-2H2;2,4H,1H3,(H,5,6);1H3,(H,3,4);3H,2H2,1H3/t3-,4-,5-,6+,7-,8-,9-,10-,11-,12+;;;/m1.../s1.